The van der Waals surface area contributed by atoms with E-state index >= 15 is 0 Å². The second kappa shape index (κ2) is 13.4. The number of nitrogens with one attached hydrogen (secondary N) is 2. The second-order valence-corrected chi connectivity index (χ2v) is 6.14. The lowest BCUT2D eigenvalue weighted by molar-refractivity contribution is 0.245. The van der Waals surface area contributed by atoms with Gasteiger partial charge in [-0.1, -0.05) is 19.0 Å². The van der Waals surface area contributed by atoms with Crippen LogP contribution in [0.2, 0.25) is 0 Å². The van der Waals surface area contributed by atoms with Gasteiger partial charge >= 0.3 is 0 Å². The average Bonchev–Trinajstić information content (AvgIpc) is 2.89. The minimum atomic E-state index is 0. The van der Waals surface area contributed by atoms with Gasteiger partial charge in [-0.3, -0.25) is 4.99 Å². The SMILES string of the molecule is CCNC(=NCC(CCO)CC(C)C)NCCc1nc(C)no1.I. The lowest BCUT2D eigenvalue weighted by atomic mass is 9.94. The number of rotatable bonds is 10. The van der Waals surface area contributed by atoms with Gasteiger partial charge in [-0.25, -0.2) is 0 Å². The average molecular weight is 453 g/mol. The van der Waals surface area contributed by atoms with Crippen LogP contribution in [0.3, 0.4) is 0 Å². The summed E-state index contributed by atoms with van der Waals surface area (Å²) in [7, 11) is 0. The third kappa shape index (κ3) is 10.1. The molecule has 0 spiro atoms. The van der Waals surface area contributed by atoms with E-state index in [1.165, 1.54) is 0 Å². The van der Waals surface area contributed by atoms with Gasteiger partial charge in [0.25, 0.3) is 0 Å². The van der Waals surface area contributed by atoms with Gasteiger partial charge in [-0.05, 0) is 38.5 Å². The van der Waals surface area contributed by atoms with E-state index in [1.54, 1.807) is 0 Å². The van der Waals surface area contributed by atoms with Crippen molar-refractivity contribution < 1.29 is 9.63 Å². The number of aliphatic imine (C=N–C) groups is 1. The van der Waals surface area contributed by atoms with Crippen molar-refractivity contribution in [2.75, 3.05) is 26.2 Å². The van der Waals surface area contributed by atoms with Crippen LogP contribution in [-0.4, -0.2) is 47.4 Å². The molecule has 0 amide bonds. The number of hydrogen-bond acceptors (Lipinski definition) is 5. The van der Waals surface area contributed by atoms with Crippen molar-refractivity contribution in [3.63, 3.8) is 0 Å². The molecule has 1 aromatic rings. The lowest BCUT2D eigenvalue weighted by Crippen LogP contribution is -2.38. The molecule has 7 nitrogen and oxygen atoms in total. The molecule has 1 atom stereocenters. The van der Waals surface area contributed by atoms with Gasteiger partial charge < -0.3 is 20.3 Å². The normalized spacial score (nSPS) is 12.8. The molecule has 8 heteroatoms. The van der Waals surface area contributed by atoms with Crippen molar-refractivity contribution in [1.82, 2.24) is 20.8 Å². The molecule has 140 valence electrons. The molecule has 1 rings (SSSR count). The molecule has 1 heterocycles. The number of aryl methyl sites for hydroxylation is 1. The van der Waals surface area contributed by atoms with Crippen molar-refractivity contribution in [2.45, 2.75) is 47.0 Å². The molecular weight excluding hydrogens is 421 g/mol. The van der Waals surface area contributed by atoms with Crippen LogP contribution in [0.15, 0.2) is 9.52 Å². The van der Waals surface area contributed by atoms with Crippen molar-refractivity contribution >= 4 is 29.9 Å². The zero-order valence-corrected chi connectivity index (χ0v) is 17.5. The molecule has 0 saturated heterocycles. The Kier molecular flexibility index (Phi) is 12.9. The molecule has 0 saturated carbocycles. The maximum atomic E-state index is 9.18. The fraction of sp³-hybridized carbons (Fsp3) is 0.812. The molecule has 1 unspecified atom stereocenters. The molecule has 0 aliphatic heterocycles. The van der Waals surface area contributed by atoms with Crippen LogP contribution in [0.4, 0.5) is 0 Å². The summed E-state index contributed by atoms with van der Waals surface area (Å²) in [6, 6.07) is 0. The zero-order valence-electron chi connectivity index (χ0n) is 15.2. The number of nitrogens with zero attached hydrogens (tertiary/aromatic N) is 3. The van der Waals surface area contributed by atoms with Crippen molar-refractivity contribution in [2.24, 2.45) is 16.8 Å². The van der Waals surface area contributed by atoms with Crippen molar-refractivity contribution in [3.05, 3.63) is 11.7 Å². The van der Waals surface area contributed by atoms with Crippen LogP contribution in [0.25, 0.3) is 0 Å². The Morgan fingerprint density at radius 3 is 2.62 bits per heavy atom. The number of halogens is 1. The standard InChI is InChI=1S/C16H31N5O2.HI/c1-5-17-16(18-8-6-15-20-13(4)21-23-15)19-11-14(7-9-22)10-12(2)3;/h12,14,22H,5-11H2,1-4H3,(H2,17,18,19);1H. The smallest absolute Gasteiger partial charge is 0.228 e. The first-order valence-electron chi connectivity index (χ1n) is 8.47. The predicted molar refractivity (Wildman–Crippen MR) is 107 cm³/mol. The molecule has 0 bridgehead atoms. The fourth-order valence-electron chi connectivity index (χ4n) is 2.42. The fourth-order valence-corrected chi connectivity index (χ4v) is 2.42. The highest BCUT2D eigenvalue weighted by Gasteiger charge is 2.11. The van der Waals surface area contributed by atoms with Crippen molar-refractivity contribution in [3.8, 4) is 0 Å². The Labute approximate surface area is 162 Å². The van der Waals surface area contributed by atoms with Crippen LogP contribution in [0, 0.1) is 18.8 Å². The van der Waals surface area contributed by atoms with Gasteiger partial charge in [-0.15, -0.1) is 24.0 Å². The second-order valence-electron chi connectivity index (χ2n) is 6.14. The lowest BCUT2D eigenvalue weighted by Gasteiger charge is -2.17. The Bertz CT molecular complexity index is 465. The summed E-state index contributed by atoms with van der Waals surface area (Å²) in [5.41, 5.74) is 0. The van der Waals surface area contributed by atoms with Gasteiger partial charge in [0.1, 0.15) is 0 Å². The Morgan fingerprint density at radius 2 is 2.08 bits per heavy atom. The van der Waals surface area contributed by atoms with E-state index in [1.807, 2.05) is 13.8 Å². The minimum absolute atomic E-state index is 0. The molecule has 0 aliphatic rings. The maximum absolute atomic E-state index is 9.18. The summed E-state index contributed by atoms with van der Waals surface area (Å²) < 4.78 is 5.09. The van der Waals surface area contributed by atoms with E-state index in [0.717, 1.165) is 25.3 Å². The molecule has 0 fully saturated rings. The van der Waals surface area contributed by atoms with Gasteiger partial charge in [0, 0.05) is 32.7 Å². The summed E-state index contributed by atoms with van der Waals surface area (Å²) in [4.78, 5) is 8.82. The van der Waals surface area contributed by atoms with Crippen LogP contribution in [-0.2, 0) is 6.42 Å². The topological polar surface area (TPSA) is 95.6 Å². The third-order valence-electron chi connectivity index (χ3n) is 3.39. The molecule has 3 N–H and O–H groups in total. The number of aliphatic hydroxyl groups excluding tert-OH is 1. The van der Waals surface area contributed by atoms with E-state index in [9.17, 15) is 5.11 Å². The first-order chi connectivity index (χ1) is 11.0. The number of aliphatic hydroxyl groups is 1. The summed E-state index contributed by atoms with van der Waals surface area (Å²) in [5.74, 6) is 3.09. The van der Waals surface area contributed by atoms with Gasteiger partial charge in [0.15, 0.2) is 11.8 Å². The summed E-state index contributed by atoms with van der Waals surface area (Å²) in [6.07, 6.45) is 2.53. The Balaban J connectivity index is 0.00000529. The predicted octanol–water partition coefficient (Wildman–Crippen LogP) is 2.14. The van der Waals surface area contributed by atoms with E-state index < -0.39 is 0 Å². The van der Waals surface area contributed by atoms with Gasteiger partial charge in [-0.2, -0.15) is 4.98 Å². The van der Waals surface area contributed by atoms with Gasteiger partial charge in [0.2, 0.25) is 5.89 Å². The highest BCUT2D eigenvalue weighted by molar-refractivity contribution is 14.0. The number of hydrogen-bond donors (Lipinski definition) is 3. The number of aromatic nitrogens is 2. The van der Waals surface area contributed by atoms with Crippen LogP contribution >= 0.6 is 24.0 Å². The molecule has 0 aliphatic carbocycles. The van der Waals surface area contributed by atoms with E-state index in [4.69, 9.17) is 4.52 Å². The maximum Gasteiger partial charge on any atom is 0.228 e. The molecular formula is C16H32IN5O2. The summed E-state index contributed by atoms with van der Waals surface area (Å²) >= 11 is 0. The minimum Gasteiger partial charge on any atom is -0.396 e. The molecule has 0 aromatic carbocycles. The van der Waals surface area contributed by atoms with Crippen molar-refractivity contribution in [1.29, 1.82) is 0 Å². The van der Waals surface area contributed by atoms with E-state index in [2.05, 4.69) is 39.6 Å². The largest absolute Gasteiger partial charge is 0.396 e. The molecule has 0 radical (unpaired) electrons. The Hall–Kier alpha value is -0.900. The molecule has 24 heavy (non-hydrogen) atoms. The van der Waals surface area contributed by atoms with Crippen LogP contribution in [0.1, 0.15) is 45.3 Å². The highest BCUT2D eigenvalue weighted by Crippen LogP contribution is 2.15. The summed E-state index contributed by atoms with van der Waals surface area (Å²) in [5, 5.41) is 19.5. The van der Waals surface area contributed by atoms with E-state index in [0.29, 0.717) is 43.1 Å². The van der Waals surface area contributed by atoms with Crippen LogP contribution in [0.5, 0.6) is 0 Å². The Morgan fingerprint density at radius 1 is 1.33 bits per heavy atom. The third-order valence-corrected chi connectivity index (χ3v) is 3.39. The first-order valence-corrected chi connectivity index (χ1v) is 8.47. The number of guanidine groups is 1. The zero-order chi connectivity index (χ0) is 17.1. The monoisotopic (exact) mass is 453 g/mol. The highest BCUT2D eigenvalue weighted by atomic mass is 127. The quantitative estimate of drug-likeness (QED) is 0.286. The van der Waals surface area contributed by atoms with E-state index in [-0.39, 0.29) is 30.6 Å². The van der Waals surface area contributed by atoms with Crippen LogP contribution < -0.4 is 10.6 Å². The van der Waals surface area contributed by atoms with Gasteiger partial charge in [0.05, 0.1) is 0 Å². The first kappa shape index (κ1) is 23.1. The molecule has 1 aromatic heterocycles. The summed E-state index contributed by atoms with van der Waals surface area (Å²) in [6.45, 7) is 10.7.